The second-order valence-electron chi connectivity index (χ2n) is 10.7. The first-order chi connectivity index (χ1) is 16.6. The SMILES string of the molecule is CC(C)CCOC(=O)CCCCCC/C=C/CC(CC(=O)OCCC(C)C)C(=O)OCCC(C)C. The largest absolute Gasteiger partial charge is 0.466 e. The molecule has 0 aliphatic rings. The molecule has 0 N–H and O–H groups in total. The van der Waals surface area contributed by atoms with Crippen LogP contribution < -0.4 is 0 Å². The fraction of sp³-hybridized carbons (Fsp3) is 0.828. The topological polar surface area (TPSA) is 78.9 Å². The third kappa shape index (κ3) is 22.4. The quantitative estimate of drug-likeness (QED) is 0.0733. The first kappa shape index (κ1) is 33.1. The highest BCUT2D eigenvalue weighted by Crippen LogP contribution is 2.16. The van der Waals surface area contributed by atoms with Crippen LogP contribution in [0.3, 0.4) is 0 Å². The number of rotatable bonds is 21. The Morgan fingerprint density at radius 3 is 1.71 bits per heavy atom. The van der Waals surface area contributed by atoms with Crippen molar-refractivity contribution >= 4 is 17.9 Å². The summed E-state index contributed by atoms with van der Waals surface area (Å²) in [7, 11) is 0. The first-order valence-electron chi connectivity index (χ1n) is 13.7. The minimum Gasteiger partial charge on any atom is -0.466 e. The van der Waals surface area contributed by atoms with Crippen molar-refractivity contribution in [1.29, 1.82) is 0 Å². The van der Waals surface area contributed by atoms with E-state index >= 15 is 0 Å². The summed E-state index contributed by atoms with van der Waals surface area (Å²) in [4.78, 5) is 36.4. The van der Waals surface area contributed by atoms with E-state index in [1.807, 2.05) is 6.08 Å². The molecule has 0 spiro atoms. The van der Waals surface area contributed by atoms with E-state index in [0.29, 0.717) is 50.4 Å². The number of unbranched alkanes of at least 4 members (excludes halogenated alkanes) is 4. The molecule has 0 aromatic rings. The van der Waals surface area contributed by atoms with Gasteiger partial charge in [-0.25, -0.2) is 0 Å². The average molecular weight is 497 g/mol. The summed E-state index contributed by atoms with van der Waals surface area (Å²) in [6, 6.07) is 0. The van der Waals surface area contributed by atoms with Gasteiger partial charge in [0.05, 0.1) is 32.2 Å². The normalized spacial score (nSPS) is 12.5. The van der Waals surface area contributed by atoms with E-state index in [4.69, 9.17) is 14.2 Å². The van der Waals surface area contributed by atoms with Crippen molar-refractivity contribution in [3.8, 4) is 0 Å². The lowest BCUT2D eigenvalue weighted by molar-refractivity contribution is -0.155. The van der Waals surface area contributed by atoms with Gasteiger partial charge in [0.15, 0.2) is 0 Å². The highest BCUT2D eigenvalue weighted by atomic mass is 16.5. The number of hydrogen-bond acceptors (Lipinski definition) is 6. The van der Waals surface area contributed by atoms with Crippen LogP contribution in [0.4, 0.5) is 0 Å². The lowest BCUT2D eigenvalue weighted by Crippen LogP contribution is -2.23. The van der Waals surface area contributed by atoms with E-state index in [1.54, 1.807) is 0 Å². The molecular formula is C29H52O6. The zero-order valence-electron chi connectivity index (χ0n) is 23.3. The van der Waals surface area contributed by atoms with Gasteiger partial charge in [-0.3, -0.25) is 14.4 Å². The van der Waals surface area contributed by atoms with Crippen LogP contribution in [0.2, 0.25) is 0 Å². The van der Waals surface area contributed by atoms with Crippen molar-refractivity contribution in [2.24, 2.45) is 23.7 Å². The van der Waals surface area contributed by atoms with E-state index in [0.717, 1.165) is 51.4 Å². The van der Waals surface area contributed by atoms with Gasteiger partial charge in [0.2, 0.25) is 0 Å². The van der Waals surface area contributed by atoms with Crippen molar-refractivity contribution in [2.75, 3.05) is 19.8 Å². The molecule has 0 saturated heterocycles. The number of ether oxygens (including phenoxy) is 3. The van der Waals surface area contributed by atoms with E-state index in [2.05, 4.69) is 47.6 Å². The fourth-order valence-corrected chi connectivity index (χ4v) is 3.19. The van der Waals surface area contributed by atoms with Gasteiger partial charge in [-0.2, -0.15) is 0 Å². The summed E-state index contributed by atoms with van der Waals surface area (Å²) >= 11 is 0. The molecule has 0 amide bonds. The molecule has 0 rings (SSSR count). The van der Waals surface area contributed by atoms with Crippen LogP contribution in [-0.4, -0.2) is 37.7 Å². The molecule has 35 heavy (non-hydrogen) atoms. The van der Waals surface area contributed by atoms with Gasteiger partial charge in [0.1, 0.15) is 0 Å². The number of esters is 3. The van der Waals surface area contributed by atoms with Crippen LogP contribution in [0.25, 0.3) is 0 Å². The zero-order valence-corrected chi connectivity index (χ0v) is 23.3. The molecule has 204 valence electrons. The van der Waals surface area contributed by atoms with Crippen LogP contribution in [0.15, 0.2) is 12.2 Å². The molecule has 1 atom stereocenters. The lowest BCUT2D eigenvalue weighted by Gasteiger charge is -2.15. The number of carbonyl (C=O) groups is 3. The van der Waals surface area contributed by atoms with Crippen molar-refractivity contribution in [2.45, 2.75) is 112 Å². The van der Waals surface area contributed by atoms with Gasteiger partial charge in [-0.05, 0) is 62.7 Å². The van der Waals surface area contributed by atoms with Crippen molar-refractivity contribution < 1.29 is 28.6 Å². The van der Waals surface area contributed by atoms with Crippen LogP contribution >= 0.6 is 0 Å². The van der Waals surface area contributed by atoms with Gasteiger partial charge in [0, 0.05) is 6.42 Å². The van der Waals surface area contributed by atoms with E-state index in [1.165, 1.54) is 0 Å². The van der Waals surface area contributed by atoms with Gasteiger partial charge in [0.25, 0.3) is 0 Å². The molecule has 0 bridgehead atoms. The Balaban J connectivity index is 4.24. The zero-order chi connectivity index (χ0) is 26.5. The van der Waals surface area contributed by atoms with Gasteiger partial charge >= 0.3 is 17.9 Å². The Morgan fingerprint density at radius 1 is 0.629 bits per heavy atom. The summed E-state index contributed by atoms with van der Waals surface area (Å²) in [5.41, 5.74) is 0. The molecule has 0 heterocycles. The molecule has 0 aromatic heterocycles. The maximum Gasteiger partial charge on any atom is 0.309 e. The van der Waals surface area contributed by atoms with Gasteiger partial charge < -0.3 is 14.2 Å². The molecule has 0 fully saturated rings. The van der Waals surface area contributed by atoms with E-state index < -0.39 is 5.92 Å². The first-order valence-corrected chi connectivity index (χ1v) is 13.7. The Hall–Kier alpha value is -1.85. The van der Waals surface area contributed by atoms with Crippen molar-refractivity contribution in [3.05, 3.63) is 12.2 Å². The summed E-state index contributed by atoms with van der Waals surface area (Å²) in [5.74, 6) is 0.198. The Labute approximate surface area is 214 Å². The van der Waals surface area contributed by atoms with Crippen LogP contribution in [-0.2, 0) is 28.6 Å². The van der Waals surface area contributed by atoms with Gasteiger partial charge in [-0.15, -0.1) is 0 Å². The average Bonchev–Trinajstić information content (AvgIpc) is 2.76. The molecule has 0 saturated carbocycles. The summed E-state index contributed by atoms with van der Waals surface area (Å²) in [5, 5.41) is 0. The number of allylic oxidation sites excluding steroid dienone is 2. The van der Waals surface area contributed by atoms with Crippen molar-refractivity contribution in [3.63, 3.8) is 0 Å². The van der Waals surface area contributed by atoms with Crippen LogP contribution in [0.1, 0.15) is 112 Å². The third-order valence-electron chi connectivity index (χ3n) is 5.69. The maximum absolute atomic E-state index is 12.5. The Morgan fingerprint density at radius 2 is 1.14 bits per heavy atom. The summed E-state index contributed by atoms with van der Waals surface area (Å²) in [6.45, 7) is 13.8. The van der Waals surface area contributed by atoms with Crippen LogP contribution in [0.5, 0.6) is 0 Å². The third-order valence-corrected chi connectivity index (χ3v) is 5.69. The smallest absolute Gasteiger partial charge is 0.309 e. The predicted octanol–water partition coefficient (Wildman–Crippen LogP) is 7.05. The van der Waals surface area contributed by atoms with Crippen molar-refractivity contribution in [1.82, 2.24) is 0 Å². The second kappa shape index (κ2) is 21.4. The molecule has 0 aliphatic heterocycles. The predicted molar refractivity (Wildman–Crippen MR) is 141 cm³/mol. The standard InChI is InChI=1S/C29H52O6/c1-23(2)16-19-33-27(30)15-13-11-9-7-8-10-12-14-26(29(32)35-21-18-25(5)6)22-28(31)34-20-17-24(3)4/h10,12,23-26H,7-9,11,13-22H2,1-6H3/b12-10+. The molecule has 6 nitrogen and oxygen atoms in total. The summed E-state index contributed by atoms with van der Waals surface area (Å²) < 4.78 is 16.0. The minimum absolute atomic E-state index is 0.0518. The van der Waals surface area contributed by atoms with Gasteiger partial charge in [-0.1, -0.05) is 66.5 Å². The fourth-order valence-electron chi connectivity index (χ4n) is 3.19. The van der Waals surface area contributed by atoms with E-state index in [9.17, 15) is 14.4 Å². The molecule has 6 heteroatoms. The molecule has 1 unspecified atom stereocenters. The lowest BCUT2D eigenvalue weighted by atomic mass is 10.0. The number of carbonyl (C=O) groups excluding carboxylic acids is 3. The Kier molecular flexibility index (Phi) is 20.3. The molecule has 0 aliphatic carbocycles. The Bertz CT molecular complexity index is 594. The summed E-state index contributed by atoms with van der Waals surface area (Å²) in [6.07, 6.45) is 12.4. The highest BCUT2D eigenvalue weighted by molar-refractivity contribution is 5.80. The molecule has 0 aromatic carbocycles. The highest BCUT2D eigenvalue weighted by Gasteiger charge is 2.23. The number of hydrogen-bond donors (Lipinski definition) is 0. The maximum atomic E-state index is 12.5. The molecular weight excluding hydrogens is 444 g/mol. The second-order valence-corrected chi connectivity index (χ2v) is 10.7. The minimum atomic E-state index is -0.508. The van der Waals surface area contributed by atoms with E-state index in [-0.39, 0.29) is 24.3 Å². The monoisotopic (exact) mass is 496 g/mol. The molecule has 0 radical (unpaired) electrons. The van der Waals surface area contributed by atoms with Crippen LogP contribution in [0, 0.1) is 23.7 Å².